The highest BCUT2D eigenvalue weighted by Crippen LogP contribution is 2.32. The zero-order valence-corrected chi connectivity index (χ0v) is 17.2. The van der Waals surface area contributed by atoms with Crippen LogP contribution >= 0.6 is 0 Å². The monoisotopic (exact) mass is 393 g/mol. The highest BCUT2D eigenvalue weighted by molar-refractivity contribution is 5.81. The summed E-state index contributed by atoms with van der Waals surface area (Å²) in [7, 11) is 3.30. The number of amides is 1. The number of para-hydroxylation sites is 2. The minimum atomic E-state index is 0.107. The number of carbonyl (C=O) groups is 1. The number of hydrogen-bond acceptors (Lipinski definition) is 4. The van der Waals surface area contributed by atoms with Crippen molar-refractivity contribution < 1.29 is 14.3 Å². The number of aromatic nitrogens is 2. The molecular formula is C23H27N3O3. The second-order valence-corrected chi connectivity index (χ2v) is 7.39. The fourth-order valence-corrected chi connectivity index (χ4v) is 3.79. The molecule has 0 aliphatic heterocycles. The van der Waals surface area contributed by atoms with Gasteiger partial charge in [0.1, 0.15) is 23.9 Å². The second-order valence-electron chi connectivity index (χ2n) is 7.39. The van der Waals surface area contributed by atoms with Crippen LogP contribution in [0.15, 0.2) is 42.5 Å². The molecule has 2 aromatic carbocycles. The Balaban J connectivity index is 1.62. The molecule has 0 bridgehead atoms. The van der Waals surface area contributed by atoms with Gasteiger partial charge in [-0.1, -0.05) is 19.1 Å². The summed E-state index contributed by atoms with van der Waals surface area (Å²) in [5.41, 5.74) is 2.90. The Labute approximate surface area is 171 Å². The summed E-state index contributed by atoms with van der Waals surface area (Å²) in [6.45, 7) is 2.88. The third-order valence-electron chi connectivity index (χ3n) is 5.48. The van der Waals surface area contributed by atoms with Crippen LogP contribution in [-0.4, -0.2) is 40.6 Å². The lowest BCUT2D eigenvalue weighted by Gasteiger charge is -2.24. The molecule has 1 amide bonds. The van der Waals surface area contributed by atoms with E-state index in [0.717, 1.165) is 53.2 Å². The molecule has 1 heterocycles. The molecule has 0 saturated heterocycles. The molecule has 1 aliphatic rings. The van der Waals surface area contributed by atoms with Crippen LogP contribution < -0.4 is 9.47 Å². The molecule has 0 atom stereocenters. The number of methoxy groups -OCH3 is 2. The maximum atomic E-state index is 13.4. The molecule has 6 nitrogen and oxygen atoms in total. The molecule has 1 fully saturated rings. The Morgan fingerprint density at radius 2 is 1.97 bits per heavy atom. The lowest BCUT2D eigenvalue weighted by atomic mass is 10.1. The number of fused-ring (bicyclic) bond motifs is 1. The Kier molecular flexibility index (Phi) is 5.43. The summed E-state index contributed by atoms with van der Waals surface area (Å²) < 4.78 is 12.9. The predicted octanol–water partition coefficient (Wildman–Crippen LogP) is 3.81. The molecule has 29 heavy (non-hydrogen) atoms. The van der Waals surface area contributed by atoms with Gasteiger partial charge in [0.05, 0.1) is 25.3 Å². The third-order valence-corrected chi connectivity index (χ3v) is 5.48. The molecule has 1 saturated carbocycles. The van der Waals surface area contributed by atoms with E-state index in [9.17, 15) is 4.79 Å². The van der Waals surface area contributed by atoms with Gasteiger partial charge in [-0.25, -0.2) is 4.98 Å². The van der Waals surface area contributed by atoms with Crippen molar-refractivity contribution in [1.29, 1.82) is 0 Å². The van der Waals surface area contributed by atoms with Gasteiger partial charge in [0.25, 0.3) is 0 Å². The van der Waals surface area contributed by atoms with Crippen molar-refractivity contribution in [3.8, 4) is 11.5 Å². The Bertz CT molecular complexity index is 1020. The molecule has 0 unspecified atom stereocenters. The molecule has 152 valence electrons. The van der Waals surface area contributed by atoms with Crippen molar-refractivity contribution in [3.63, 3.8) is 0 Å². The highest BCUT2D eigenvalue weighted by atomic mass is 16.5. The summed E-state index contributed by atoms with van der Waals surface area (Å²) >= 11 is 0. The molecule has 1 aliphatic carbocycles. The van der Waals surface area contributed by atoms with Crippen molar-refractivity contribution in [2.45, 2.75) is 45.3 Å². The van der Waals surface area contributed by atoms with Crippen molar-refractivity contribution in [2.75, 3.05) is 14.2 Å². The van der Waals surface area contributed by atoms with Gasteiger partial charge in [-0.2, -0.15) is 0 Å². The third kappa shape index (κ3) is 3.92. The van der Waals surface area contributed by atoms with Gasteiger partial charge < -0.3 is 18.9 Å². The van der Waals surface area contributed by atoms with Gasteiger partial charge in [-0.15, -0.1) is 0 Å². The number of carbonyl (C=O) groups excluding carboxylic acids is 1. The zero-order valence-electron chi connectivity index (χ0n) is 17.2. The van der Waals surface area contributed by atoms with Crippen LogP contribution in [0.2, 0.25) is 0 Å². The Morgan fingerprint density at radius 1 is 1.17 bits per heavy atom. The summed E-state index contributed by atoms with van der Waals surface area (Å²) in [4.78, 5) is 20.0. The van der Waals surface area contributed by atoms with Gasteiger partial charge in [-0.05, 0) is 43.2 Å². The van der Waals surface area contributed by atoms with Crippen LogP contribution in [0.25, 0.3) is 11.0 Å². The molecule has 0 N–H and O–H groups in total. The molecule has 0 spiro atoms. The lowest BCUT2D eigenvalue weighted by Crippen LogP contribution is -2.35. The Morgan fingerprint density at radius 3 is 2.66 bits per heavy atom. The van der Waals surface area contributed by atoms with E-state index in [1.54, 1.807) is 14.2 Å². The van der Waals surface area contributed by atoms with E-state index < -0.39 is 0 Å². The minimum absolute atomic E-state index is 0.107. The summed E-state index contributed by atoms with van der Waals surface area (Å²) in [6.07, 6.45) is 2.88. The van der Waals surface area contributed by atoms with Crippen LogP contribution in [0, 0.1) is 0 Å². The van der Waals surface area contributed by atoms with Gasteiger partial charge in [-0.3, -0.25) is 4.79 Å². The van der Waals surface area contributed by atoms with E-state index in [-0.39, 0.29) is 5.91 Å². The first-order valence-electron chi connectivity index (χ1n) is 10.1. The fraction of sp³-hybridized carbons (Fsp3) is 0.391. The molecule has 4 rings (SSSR count). The number of nitrogens with zero attached hydrogens (tertiary/aromatic N) is 3. The standard InChI is InChI=1S/C23H27N3O3/c1-4-22-24-19-7-5-6-8-20(19)26(22)15-23(27)25(17-9-10-17)14-16-13-18(28-2)11-12-21(16)29-3/h5-8,11-13,17H,4,9-10,14-15H2,1-3H3. The van der Waals surface area contributed by atoms with Crippen LogP contribution in [0.1, 0.15) is 31.2 Å². The zero-order chi connectivity index (χ0) is 20.4. The first kappa shape index (κ1) is 19.3. The van der Waals surface area contributed by atoms with Crippen LogP contribution in [0.5, 0.6) is 11.5 Å². The maximum absolute atomic E-state index is 13.4. The number of imidazole rings is 1. The SMILES string of the molecule is CCc1nc2ccccc2n1CC(=O)N(Cc1cc(OC)ccc1OC)C1CC1. The number of rotatable bonds is 8. The van der Waals surface area contributed by atoms with Crippen LogP contribution in [0.3, 0.4) is 0 Å². The van der Waals surface area contributed by atoms with Crippen LogP contribution in [0.4, 0.5) is 0 Å². The second kappa shape index (κ2) is 8.15. The number of ether oxygens (including phenoxy) is 2. The van der Waals surface area contributed by atoms with E-state index in [1.807, 2.05) is 47.4 Å². The first-order chi connectivity index (χ1) is 14.1. The van der Waals surface area contributed by atoms with Crippen molar-refractivity contribution in [1.82, 2.24) is 14.5 Å². The van der Waals surface area contributed by atoms with Gasteiger partial charge >= 0.3 is 0 Å². The average molecular weight is 393 g/mol. The van der Waals surface area contributed by atoms with E-state index in [0.29, 0.717) is 19.1 Å². The van der Waals surface area contributed by atoms with E-state index in [4.69, 9.17) is 14.5 Å². The van der Waals surface area contributed by atoms with E-state index >= 15 is 0 Å². The number of aryl methyl sites for hydroxylation is 1. The topological polar surface area (TPSA) is 56.6 Å². The first-order valence-corrected chi connectivity index (χ1v) is 10.1. The summed E-state index contributed by atoms with van der Waals surface area (Å²) in [6, 6.07) is 14.0. The fourth-order valence-electron chi connectivity index (χ4n) is 3.79. The summed E-state index contributed by atoms with van der Waals surface area (Å²) in [5, 5.41) is 0. The average Bonchev–Trinajstić information content (AvgIpc) is 3.53. The minimum Gasteiger partial charge on any atom is -0.497 e. The summed E-state index contributed by atoms with van der Waals surface area (Å²) in [5.74, 6) is 2.58. The van der Waals surface area contributed by atoms with Gasteiger partial charge in [0.2, 0.25) is 5.91 Å². The predicted molar refractivity (Wildman–Crippen MR) is 112 cm³/mol. The number of benzene rings is 2. The Hall–Kier alpha value is -3.02. The highest BCUT2D eigenvalue weighted by Gasteiger charge is 2.33. The largest absolute Gasteiger partial charge is 0.497 e. The number of hydrogen-bond donors (Lipinski definition) is 0. The molecule has 1 aromatic heterocycles. The van der Waals surface area contributed by atoms with Crippen molar-refractivity contribution in [3.05, 3.63) is 53.9 Å². The molecule has 3 aromatic rings. The van der Waals surface area contributed by atoms with Gasteiger partial charge in [0.15, 0.2) is 0 Å². The smallest absolute Gasteiger partial charge is 0.243 e. The van der Waals surface area contributed by atoms with Crippen molar-refractivity contribution >= 4 is 16.9 Å². The molecule has 6 heteroatoms. The van der Waals surface area contributed by atoms with E-state index in [1.165, 1.54) is 0 Å². The lowest BCUT2D eigenvalue weighted by molar-refractivity contribution is -0.133. The van der Waals surface area contributed by atoms with Crippen molar-refractivity contribution in [2.24, 2.45) is 0 Å². The molecular weight excluding hydrogens is 366 g/mol. The van der Waals surface area contributed by atoms with Gasteiger partial charge in [0, 0.05) is 24.6 Å². The maximum Gasteiger partial charge on any atom is 0.243 e. The molecule has 0 radical (unpaired) electrons. The normalized spacial score (nSPS) is 13.5. The quantitative estimate of drug-likeness (QED) is 0.584. The van der Waals surface area contributed by atoms with E-state index in [2.05, 4.69) is 11.5 Å². The van der Waals surface area contributed by atoms with Crippen LogP contribution in [-0.2, 0) is 24.3 Å².